The molecule has 116 valence electrons. The van der Waals surface area contributed by atoms with E-state index in [1.807, 2.05) is 31.2 Å². The van der Waals surface area contributed by atoms with Gasteiger partial charge in [0.05, 0.1) is 6.61 Å². The number of halogens is 1. The molecule has 0 bridgehead atoms. The van der Waals surface area contributed by atoms with Gasteiger partial charge in [0, 0.05) is 5.56 Å². The number of cyclic esters (lactones) is 1. The van der Waals surface area contributed by atoms with Crippen molar-refractivity contribution >= 4 is 17.9 Å². The molecule has 3 rings (SSSR count). The van der Waals surface area contributed by atoms with Crippen molar-refractivity contribution in [1.82, 2.24) is 0 Å². The third-order valence-corrected chi connectivity index (χ3v) is 3.18. The molecule has 0 radical (unpaired) electrons. The summed E-state index contributed by atoms with van der Waals surface area (Å²) in [6, 6.07) is 12.9. The Bertz CT molecular complexity index is 794. The third kappa shape index (κ3) is 3.45. The number of ether oxygens (including phenoxy) is 2. The van der Waals surface area contributed by atoms with Crippen molar-refractivity contribution < 1.29 is 18.7 Å². The highest BCUT2D eigenvalue weighted by Gasteiger charge is 2.24. The fourth-order valence-electron chi connectivity index (χ4n) is 2.14. The second-order valence-corrected chi connectivity index (χ2v) is 4.85. The Morgan fingerprint density at radius 1 is 1.22 bits per heavy atom. The lowest BCUT2D eigenvalue weighted by molar-refractivity contribution is -0.129. The summed E-state index contributed by atoms with van der Waals surface area (Å²) in [5.41, 5.74) is 1.52. The molecule has 0 saturated heterocycles. The predicted octanol–water partition coefficient (Wildman–Crippen LogP) is 3.57. The van der Waals surface area contributed by atoms with E-state index in [0.29, 0.717) is 12.2 Å². The number of hydrogen-bond donors (Lipinski definition) is 0. The molecular formula is C18H14FNO3. The molecule has 0 saturated carbocycles. The van der Waals surface area contributed by atoms with Crippen molar-refractivity contribution in [1.29, 1.82) is 0 Å². The SMILES string of the molecule is CCOc1cccc(/C=C2/N=C(c3ccc(F)cc3)OC2=O)c1. The Kier molecular flexibility index (Phi) is 4.19. The number of carbonyl (C=O) groups is 1. The zero-order valence-corrected chi connectivity index (χ0v) is 12.5. The molecule has 23 heavy (non-hydrogen) atoms. The van der Waals surface area contributed by atoms with Crippen LogP contribution in [0.2, 0.25) is 0 Å². The van der Waals surface area contributed by atoms with Crippen molar-refractivity contribution in [3.63, 3.8) is 0 Å². The lowest BCUT2D eigenvalue weighted by Gasteiger charge is -2.03. The Balaban J connectivity index is 1.88. The van der Waals surface area contributed by atoms with Crippen LogP contribution in [0.1, 0.15) is 18.1 Å². The standard InChI is InChI=1S/C18H14FNO3/c1-2-22-15-5-3-4-12(10-15)11-16-18(21)23-17(20-16)13-6-8-14(19)9-7-13/h3-11H,2H2,1H3/b16-11+. The van der Waals surface area contributed by atoms with Crippen molar-refractivity contribution in [3.05, 3.63) is 71.2 Å². The second-order valence-electron chi connectivity index (χ2n) is 4.85. The number of aliphatic imine (C=N–C) groups is 1. The van der Waals surface area contributed by atoms with Gasteiger partial charge in [-0.3, -0.25) is 0 Å². The normalized spacial score (nSPS) is 15.5. The number of carbonyl (C=O) groups excluding carboxylic acids is 1. The van der Waals surface area contributed by atoms with E-state index in [-0.39, 0.29) is 17.4 Å². The lowest BCUT2D eigenvalue weighted by atomic mass is 10.2. The van der Waals surface area contributed by atoms with Gasteiger partial charge in [0.25, 0.3) is 0 Å². The molecule has 0 spiro atoms. The Morgan fingerprint density at radius 2 is 2.00 bits per heavy atom. The highest BCUT2D eigenvalue weighted by Crippen LogP contribution is 2.21. The Hall–Kier alpha value is -2.95. The summed E-state index contributed by atoms with van der Waals surface area (Å²) in [4.78, 5) is 16.1. The Labute approximate surface area is 132 Å². The van der Waals surface area contributed by atoms with Gasteiger partial charge < -0.3 is 9.47 Å². The van der Waals surface area contributed by atoms with Gasteiger partial charge in [-0.2, -0.15) is 0 Å². The predicted molar refractivity (Wildman–Crippen MR) is 84.6 cm³/mol. The molecule has 1 aliphatic rings. The summed E-state index contributed by atoms with van der Waals surface area (Å²) in [5.74, 6) is -0.00789. The molecule has 0 fully saturated rings. The average Bonchev–Trinajstić information content (AvgIpc) is 2.90. The van der Waals surface area contributed by atoms with Gasteiger partial charge in [-0.25, -0.2) is 14.2 Å². The van der Waals surface area contributed by atoms with Crippen molar-refractivity contribution in [2.45, 2.75) is 6.92 Å². The molecule has 0 aliphatic carbocycles. The minimum Gasteiger partial charge on any atom is -0.494 e. The number of benzene rings is 2. The molecule has 0 unspecified atom stereocenters. The molecule has 0 aromatic heterocycles. The highest BCUT2D eigenvalue weighted by molar-refractivity contribution is 6.12. The minimum absolute atomic E-state index is 0.169. The summed E-state index contributed by atoms with van der Waals surface area (Å²) in [6.45, 7) is 2.47. The van der Waals surface area contributed by atoms with Crippen LogP contribution in [-0.2, 0) is 9.53 Å². The van der Waals surface area contributed by atoms with Crippen molar-refractivity contribution in [2.24, 2.45) is 4.99 Å². The number of esters is 1. The molecule has 0 amide bonds. The van der Waals surface area contributed by atoms with Gasteiger partial charge in [0.1, 0.15) is 11.6 Å². The Morgan fingerprint density at radius 3 is 2.74 bits per heavy atom. The minimum atomic E-state index is -0.536. The van der Waals surface area contributed by atoms with Crippen LogP contribution >= 0.6 is 0 Å². The second kappa shape index (κ2) is 6.44. The summed E-state index contributed by atoms with van der Waals surface area (Å²) in [5, 5.41) is 0. The lowest BCUT2D eigenvalue weighted by Crippen LogP contribution is -2.05. The summed E-state index contributed by atoms with van der Waals surface area (Å²) >= 11 is 0. The average molecular weight is 311 g/mol. The maximum atomic E-state index is 12.9. The van der Waals surface area contributed by atoms with Crippen LogP contribution in [0.25, 0.3) is 6.08 Å². The van der Waals surface area contributed by atoms with E-state index in [1.54, 1.807) is 6.08 Å². The molecule has 0 N–H and O–H groups in total. The molecular weight excluding hydrogens is 297 g/mol. The van der Waals surface area contributed by atoms with Crippen LogP contribution in [0.4, 0.5) is 4.39 Å². The maximum Gasteiger partial charge on any atom is 0.363 e. The van der Waals surface area contributed by atoms with Gasteiger partial charge >= 0.3 is 5.97 Å². The first-order valence-electron chi connectivity index (χ1n) is 7.17. The van der Waals surface area contributed by atoms with E-state index in [1.165, 1.54) is 24.3 Å². The van der Waals surface area contributed by atoms with E-state index in [4.69, 9.17) is 9.47 Å². The monoisotopic (exact) mass is 311 g/mol. The van der Waals surface area contributed by atoms with Gasteiger partial charge in [0.2, 0.25) is 5.90 Å². The molecule has 5 heteroatoms. The van der Waals surface area contributed by atoms with E-state index in [0.717, 1.165) is 11.3 Å². The number of hydrogen-bond acceptors (Lipinski definition) is 4. The van der Waals surface area contributed by atoms with Crippen LogP contribution in [0.5, 0.6) is 5.75 Å². The zero-order valence-electron chi connectivity index (χ0n) is 12.5. The van der Waals surface area contributed by atoms with Gasteiger partial charge in [-0.05, 0) is 55.0 Å². The van der Waals surface area contributed by atoms with Crippen LogP contribution < -0.4 is 4.74 Å². The maximum absolute atomic E-state index is 12.9. The topological polar surface area (TPSA) is 47.9 Å². The summed E-state index contributed by atoms with van der Waals surface area (Å²) in [6.07, 6.45) is 1.63. The smallest absolute Gasteiger partial charge is 0.363 e. The van der Waals surface area contributed by atoms with Crippen LogP contribution in [0.15, 0.2) is 59.2 Å². The molecule has 0 atom stereocenters. The molecule has 2 aromatic carbocycles. The fourth-order valence-corrected chi connectivity index (χ4v) is 2.14. The van der Waals surface area contributed by atoms with Crippen LogP contribution in [0, 0.1) is 5.82 Å². The summed E-state index contributed by atoms with van der Waals surface area (Å²) in [7, 11) is 0. The van der Waals surface area contributed by atoms with E-state index in [9.17, 15) is 9.18 Å². The number of rotatable bonds is 4. The molecule has 4 nitrogen and oxygen atoms in total. The van der Waals surface area contributed by atoms with Crippen LogP contribution in [-0.4, -0.2) is 18.5 Å². The fraction of sp³-hybridized carbons (Fsp3) is 0.111. The quantitative estimate of drug-likeness (QED) is 0.640. The van der Waals surface area contributed by atoms with E-state index >= 15 is 0 Å². The highest BCUT2D eigenvalue weighted by atomic mass is 19.1. The molecule has 2 aromatic rings. The first-order valence-corrected chi connectivity index (χ1v) is 7.17. The number of nitrogens with zero attached hydrogens (tertiary/aromatic N) is 1. The van der Waals surface area contributed by atoms with Crippen molar-refractivity contribution in [2.75, 3.05) is 6.61 Å². The summed E-state index contributed by atoms with van der Waals surface area (Å²) < 4.78 is 23.5. The zero-order chi connectivity index (χ0) is 16.2. The van der Waals surface area contributed by atoms with E-state index in [2.05, 4.69) is 4.99 Å². The van der Waals surface area contributed by atoms with Gasteiger partial charge in [-0.15, -0.1) is 0 Å². The third-order valence-electron chi connectivity index (χ3n) is 3.18. The molecule has 1 heterocycles. The largest absolute Gasteiger partial charge is 0.494 e. The van der Waals surface area contributed by atoms with E-state index < -0.39 is 5.97 Å². The molecule has 1 aliphatic heterocycles. The first kappa shape index (κ1) is 15.0. The van der Waals surface area contributed by atoms with Gasteiger partial charge in [0.15, 0.2) is 5.70 Å². The van der Waals surface area contributed by atoms with Crippen molar-refractivity contribution in [3.8, 4) is 5.75 Å². The first-order chi connectivity index (χ1) is 11.2. The van der Waals surface area contributed by atoms with Gasteiger partial charge in [-0.1, -0.05) is 12.1 Å². The van der Waals surface area contributed by atoms with Crippen LogP contribution in [0.3, 0.4) is 0 Å².